The van der Waals surface area contributed by atoms with Crippen LogP contribution in [0.4, 0.5) is 4.79 Å². The first kappa shape index (κ1) is 27.6. The van der Waals surface area contributed by atoms with E-state index in [-0.39, 0.29) is 13.2 Å². The van der Waals surface area contributed by atoms with Crippen LogP contribution in [0.5, 0.6) is 0 Å². The summed E-state index contributed by atoms with van der Waals surface area (Å²) in [5.74, 6) is -3.18. The number of ether oxygens (including phenoxy) is 2. The predicted molar refractivity (Wildman–Crippen MR) is 124 cm³/mol. The highest BCUT2D eigenvalue weighted by atomic mass is 16.6. The second-order valence-electron chi connectivity index (χ2n) is 9.31. The number of amides is 3. The maximum Gasteiger partial charge on any atom is 0.408 e. The van der Waals surface area contributed by atoms with Crippen molar-refractivity contribution in [3.8, 4) is 0 Å². The van der Waals surface area contributed by atoms with Gasteiger partial charge >= 0.3 is 18.0 Å². The van der Waals surface area contributed by atoms with Crippen molar-refractivity contribution >= 4 is 29.8 Å². The van der Waals surface area contributed by atoms with Crippen LogP contribution in [-0.4, -0.2) is 70.1 Å². The number of carbonyl (C=O) groups is 5. The number of benzene rings is 1. The van der Waals surface area contributed by atoms with Gasteiger partial charge in [0.25, 0.3) is 0 Å². The van der Waals surface area contributed by atoms with E-state index in [1.807, 2.05) is 6.07 Å². The maximum atomic E-state index is 12.7. The predicted octanol–water partition coefficient (Wildman–Crippen LogP) is 1.59. The molecule has 3 N–H and O–H groups in total. The zero-order valence-corrected chi connectivity index (χ0v) is 20.4. The zero-order valence-electron chi connectivity index (χ0n) is 20.4. The van der Waals surface area contributed by atoms with E-state index >= 15 is 0 Å². The van der Waals surface area contributed by atoms with Gasteiger partial charge in [0.1, 0.15) is 30.3 Å². The molecule has 1 unspecified atom stereocenters. The second kappa shape index (κ2) is 12.2. The van der Waals surface area contributed by atoms with E-state index in [1.165, 1.54) is 11.8 Å². The van der Waals surface area contributed by atoms with Crippen LogP contribution < -0.4 is 10.6 Å². The van der Waals surface area contributed by atoms with E-state index in [0.29, 0.717) is 12.8 Å². The van der Waals surface area contributed by atoms with Crippen molar-refractivity contribution in [2.24, 2.45) is 0 Å². The molecule has 11 heteroatoms. The Morgan fingerprint density at radius 2 is 1.77 bits per heavy atom. The van der Waals surface area contributed by atoms with Crippen molar-refractivity contribution in [2.75, 3.05) is 6.54 Å². The number of alkyl carbamates (subject to hydrolysis) is 1. The Bertz CT molecular complexity index is 928. The Morgan fingerprint density at radius 3 is 2.37 bits per heavy atom. The normalized spacial score (nSPS) is 17.1. The van der Waals surface area contributed by atoms with Gasteiger partial charge in [-0.3, -0.25) is 9.59 Å². The van der Waals surface area contributed by atoms with E-state index in [9.17, 15) is 29.1 Å². The van der Waals surface area contributed by atoms with E-state index in [2.05, 4.69) is 10.6 Å². The lowest BCUT2D eigenvalue weighted by atomic mass is 10.1. The highest BCUT2D eigenvalue weighted by molar-refractivity contribution is 5.92. The first-order valence-electron chi connectivity index (χ1n) is 11.4. The summed E-state index contributed by atoms with van der Waals surface area (Å²) < 4.78 is 10.4. The largest absolute Gasteiger partial charge is 0.480 e. The maximum absolute atomic E-state index is 12.7. The summed E-state index contributed by atoms with van der Waals surface area (Å²) in [6, 6.07) is 5.56. The summed E-state index contributed by atoms with van der Waals surface area (Å²) in [7, 11) is 0. The van der Waals surface area contributed by atoms with Crippen molar-refractivity contribution in [3.05, 3.63) is 35.9 Å². The SMILES string of the molecule is C[C@H](NC(=O)CC(NC(=O)OC(C)(C)C)C(=O)OCc1ccccc1)C(=O)N1CCC[C@H]1C(=O)O. The van der Waals surface area contributed by atoms with Crippen LogP contribution in [0.25, 0.3) is 0 Å². The lowest BCUT2D eigenvalue weighted by molar-refractivity contribution is -0.150. The fourth-order valence-corrected chi connectivity index (χ4v) is 3.56. The van der Waals surface area contributed by atoms with Gasteiger partial charge in [-0.15, -0.1) is 0 Å². The Hall–Kier alpha value is -3.63. The summed E-state index contributed by atoms with van der Waals surface area (Å²) in [5, 5.41) is 14.1. The summed E-state index contributed by atoms with van der Waals surface area (Å²) >= 11 is 0. The van der Waals surface area contributed by atoms with Gasteiger partial charge in [0.05, 0.1) is 6.42 Å². The van der Waals surface area contributed by atoms with Crippen molar-refractivity contribution < 1.29 is 38.6 Å². The molecule has 0 saturated carbocycles. The van der Waals surface area contributed by atoms with Crippen molar-refractivity contribution in [1.29, 1.82) is 0 Å². The third-order valence-corrected chi connectivity index (χ3v) is 5.16. The molecule has 1 aliphatic rings. The minimum Gasteiger partial charge on any atom is -0.480 e. The summed E-state index contributed by atoms with van der Waals surface area (Å²) in [5.41, 5.74) is -0.110. The Kier molecular flexibility index (Phi) is 9.61. The minimum atomic E-state index is -1.37. The number of carboxylic acid groups (broad SMARTS) is 1. The van der Waals surface area contributed by atoms with E-state index in [1.54, 1.807) is 45.0 Å². The highest BCUT2D eigenvalue weighted by Crippen LogP contribution is 2.18. The fourth-order valence-electron chi connectivity index (χ4n) is 3.56. The lowest BCUT2D eigenvalue weighted by Crippen LogP contribution is -2.52. The van der Waals surface area contributed by atoms with Crippen LogP contribution in [0.2, 0.25) is 0 Å². The molecule has 3 atom stereocenters. The molecule has 11 nitrogen and oxygen atoms in total. The first-order valence-corrected chi connectivity index (χ1v) is 11.4. The van der Waals surface area contributed by atoms with Crippen LogP contribution >= 0.6 is 0 Å². The summed E-state index contributed by atoms with van der Waals surface area (Å²) in [6.07, 6.45) is -0.514. The molecule has 0 spiro atoms. The molecule has 0 radical (unpaired) electrons. The van der Waals surface area contributed by atoms with Gasteiger partial charge in [-0.05, 0) is 46.1 Å². The number of nitrogens with one attached hydrogen (secondary N) is 2. The van der Waals surface area contributed by atoms with Crippen LogP contribution in [0, 0.1) is 0 Å². The van der Waals surface area contributed by atoms with Gasteiger partial charge in [-0.1, -0.05) is 30.3 Å². The van der Waals surface area contributed by atoms with Crippen molar-refractivity contribution in [2.45, 2.75) is 77.3 Å². The Morgan fingerprint density at radius 1 is 1.11 bits per heavy atom. The molecule has 3 amide bonds. The van der Waals surface area contributed by atoms with Gasteiger partial charge in [-0.25, -0.2) is 14.4 Å². The number of rotatable bonds is 9. The standard InChI is InChI=1S/C24H33N3O8/c1-15(20(29)27-12-8-11-18(27)21(30)31)25-19(28)13-17(26-23(33)35-24(2,3)4)22(32)34-14-16-9-6-5-7-10-16/h5-7,9-10,15,17-18H,8,11-14H2,1-4H3,(H,25,28)(H,26,33)(H,30,31)/t15-,17?,18-/m0/s1. The third kappa shape index (κ3) is 8.91. The van der Waals surface area contributed by atoms with Gasteiger partial charge in [0.15, 0.2) is 0 Å². The van der Waals surface area contributed by atoms with Crippen molar-refractivity contribution in [1.82, 2.24) is 15.5 Å². The number of nitrogens with zero attached hydrogens (tertiary/aromatic N) is 1. The quantitative estimate of drug-likeness (QED) is 0.441. The molecule has 1 aliphatic heterocycles. The molecular weight excluding hydrogens is 458 g/mol. The smallest absolute Gasteiger partial charge is 0.408 e. The van der Waals surface area contributed by atoms with Gasteiger partial charge in [0, 0.05) is 6.54 Å². The molecule has 35 heavy (non-hydrogen) atoms. The average Bonchev–Trinajstić information content (AvgIpc) is 3.26. The lowest BCUT2D eigenvalue weighted by Gasteiger charge is -2.26. The topological polar surface area (TPSA) is 151 Å². The van der Waals surface area contributed by atoms with Gasteiger partial charge < -0.3 is 30.1 Å². The van der Waals surface area contributed by atoms with E-state index < -0.39 is 60.0 Å². The highest BCUT2D eigenvalue weighted by Gasteiger charge is 2.36. The molecule has 0 bridgehead atoms. The molecular formula is C24H33N3O8. The molecule has 1 fully saturated rings. The number of esters is 1. The second-order valence-corrected chi connectivity index (χ2v) is 9.31. The number of aliphatic carboxylic acids is 1. The van der Waals surface area contributed by atoms with E-state index in [4.69, 9.17) is 9.47 Å². The van der Waals surface area contributed by atoms with Crippen LogP contribution in [0.15, 0.2) is 30.3 Å². The number of carboxylic acids is 1. The van der Waals surface area contributed by atoms with Crippen LogP contribution in [0.3, 0.4) is 0 Å². The number of carbonyl (C=O) groups excluding carboxylic acids is 4. The molecule has 1 saturated heterocycles. The van der Waals surface area contributed by atoms with Crippen LogP contribution in [-0.2, 0) is 35.3 Å². The van der Waals surface area contributed by atoms with Gasteiger partial charge in [-0.2, -0.15) is 0 Å². The molecule has 1 heterocycles. The molecule has 0 aliphatic carbocycles. The van der Waals surface area contributed by atoms with Crippen molar-refractivity contribution in [3.63, 3.8) is 0 Å². The number of hydrogen-bond donors (Lipinski definition) is 3. The van der Waals surface area contributed by atoms with E-state index in [0.717, 1.165) is 5.56 Å². The number of likely N-dealkylation sites (tertiary alicyclic amines) is 1. The summed E-state index contributed by atoms with van der Waals surface area (Å²) in [4.78, 5) is 62.8. The molecule has 1 aromatic carbocycles. The Balaban J connectivity index is 2.02. The molecule has 2 rings (SSSR count). The molecule has 192 valence electrons. The zero-order chi connectivity index (χ0) is 26.2. The molecule has 0 aromatic heterocycles. The Labute approximate surface area is 204 Å². The monoisotopic (exact) mass is 491 g/mol. The van der Waals surface area contributed by atoms with Gasteiger partial charge in [0.2, 0.25) is 11.8 Å². The fraction of sp³-hybridized carbons (Fsp3) is 0.542. The average molecular weight is 492 g/mol. The molecule has 1 aromatic rings. The summed E-state index contributed by atoms with van der Waals surface area (Å²) in [6.45, 7) is 6.61. The first-order chi connectivity index (χ1) is 16.4. The minimum absolute atomic E-state index is 0.0613. The van der Waals surface area contributed by atoms with Crippen LogP contribution in [0.1, 0.15) is 52.5 Å². The third-order valence-electron chi connectivity index (χ3n) is 5.16. The number of hydrogen-bond acceptors (Lipinski definition) is 7.